The molecule has 1 unspecified atom stereocenters. The lowest BCUT2D eigenvalue weighted by atomic mass is 9.98. The van der Waals surface area contributed by atoms with Gasteiger partial charge in [-0.2, -0.15) is 0 Å². The van der Waals surface area contributed by atoms with Crippen LogP contribution in [0.4, 0.5) is 5.69 Å². The van der Waals surface area contributed by atoms with E-state index in [9.17, 15) is 0 Å². The lowest BCUT2D eigenvalue weighted by molar-refractivity contribution is 0.560. The third-order valence-electron chi connectivity index (χ3n) is 4.69. The van der Waals surface area contributed by atoms with Gasteiger partial charge in [0.15, 0.2) is 0 Å². The van der Waals surface area contributed by atoms with Gasteiger partial charge in [0.25, 0.3) is 0 Å². The Morgan fingerprint density at radius 3 is 2.74 bits per heavy atom. The van der Waals surface area contributed by atoms with Crippen LogP contribution < -0.4 is 10.6 Å². The van der Waals surface area contributed by atoms with Crippen molar-refractivity contribution in [1.82, 2.24) is 5.32 Å². The standard InChI is InChI=1S/C20H26N2.ClH/c1-15-7-8-17(13-16(15)2)11-12-21-14-19-10-9-18-5-3-4-6-20(18)22-19;/h3-8,13,19,21-22H,9-12,14H2,1-2H3;1H. The fourth-order valence-electron chi connectivity index (χ4n) is 3.12. The van der Waals surface area contributed by atoms with E-state index in [1.54, 1.807) is 0 Å². The van der Waals surface area contributed by atoms with Gasteiger partial charge in [-0.3, -0.25) is 0 Å². The Labute approximate surface area is 146 Å². The number of hydrogen-bond donors (Lipinski definition) is 2. The summed E-state index contributed by atoms with van der Waals surface area (Å²) in [6.07, 6.45) is 3.50. The Balaban J connectivity index is 0.00000192. The first-order valence-electron chi connectivity index (χ1n) is 8.33. The number of anilines is 1. The van der Waals surface area contributed by atoms with Crippen LogP contribution in [0.1, 0.15) is 28.7 Å². The summed E-state index contributed by atoms with van der Waals surface area (Å²) in [6.45, 7) is 6.45. The minimum atomic E-state index is 0. The fourth-order valence-corrected chi connectivity index (χ4v) is 3.12. The zero-order valence-corrected chi connectivity index (χ0v) is 14.9. The Bertz CT molecular complexity index is 639. The zero-order chi connectivity index (χ0) is 15.4. The van der Waals surface area contributed by atoms with Crippen molar-refractivity contribution in [2.75, 3.05) is 18.4 Å². The average molecular weight is 331 g/mol. The van der Waals surface area contributed by atoms with Crippen LogP contribution >= 0.6 is 12.4 Å². The maximum Gasteiger partial charge on any atom is 0.0389 e. The predicted octanol–water partition coefficient (Wildman–Crippen LogP) is 4.28. The van der Waals surface area contributed by atoms with Crippen molar-refractivity contribution in [3.63, 3.8) is 0 Å². The van der Waals surface area contributed by atoms with Crippen molar-refractivity contribution in [1.29, 1.82) is 0 Å². The van der Waals surface area contributed by atoms with Crippen LogP contribution in [0.2, 0.25) is 0 Å². The molecule has 23 heavy (non-hydrogen) atoms. The predicted molar refractivity (Wildman–Crippen MR) is 102 cm³/mol. The molecule has 0 spiro atoms. The van der Waals surface area contributed by atoms with Gasteiger partial charge in [-0.05, 0) is 68.0 Å². The number of hydrogen-bond acceptors (Lipinski definition) is 2. The molecule has 0 aliphatic carbocycles. The second-order valence-corrected chi connectivity index (χ2v) is 6.41. The first-order valence-corrected chi connectivity index (χ1v) is 8.33. The maximum atomic E-state index is 3.65. The third kappa shape index (κ3) is 4.73. The fraction of sp³-hybridized carbons (Fsp3) is 0.400. The number of rotatable bonds is 5. The number of para-hydroxylation sites is 1. The van der Waals surface area contributed by atoms with Crippen LogP contribution in [0.3, 0.4) is 0 Å². The smallest absolute Gasteiger partial charge is 0.0389 e. The van der Waals surface area contributed by atoms with Crippen LogP contribution in [0.25, 0.3) is 0 Å². The highest BCUT2D eigenvalue weighted by Gasteiger charge is 2.16. The Morgan fingerprint density at radius 1 is 1.09 bits per heavy atom. The van der Waals surface area contributed by atoms with Gasteiger partial charge < -0.3 is 10.6 Å². The molecule has 0 saturated heterocycles. The van der Waals surface area contributed by atoms with E-state index in [-0.39, 0.29) is 12.4 Å². The van der Waals surface area contributed by atoms with E-state index in [1.165, 1.54) is 40.8 Å². The summed E-state index contributed by atoms with van der Waals surface area (Å²) in [5.41, 5.74) is 6.96. The average Bonchev–Trinajstić information content (AvgIpc) is 2.54. The van der Waals surface area contributed by atoms with E-state index in [0.29, 0.717) is 6.04 Å². The molecule has 0 amide bonds. The Morgan fingerprint density at radius 2 is 1.91 bits per heavy atom. The molecule has 2 aromatic rings. The van der Waals surface area contributed by atoms with Crippen LogP contribution in [0.15, 0.2) is 42.5 Å². The van der Waals surface area contributed by atoms with Crippen molar-refractivity contribution >= 4 is 18.1 Å². The van der Waals surface area contributed by atoms with E-state index in [4.69, 9.17) is 0 Å². The van der Waals surface area contributed by atoms with Gasteiger partial charge in [-0.1, -0.05) is 36.4 Å². The van der Waals surface area contributed by atoms with Gasteiger partial charge in [-0.15, -0.1) is 12.4 Å². The van der Waals surface area contributed by atoms with Gasteiger partial charge in [0.2, 0.25) is 0 Å². The van der Waals surface area contributed by atoms with E-state index in [1.807, 2.05) is 0 Å². The topological polar surface area (TPSA) is 24.1 Å². The van der Waals surface area contributed by atoms with Gasteiger partial charge in [-0.25, -0.2) is 0 Å². The second-order valence-electron chi connectivity index (χ2n) is 6.41. The molecule has 1 heterocycles. The highest BCUT2D eigenvalue weighted by Crippen LogP contribution is 2.23. The van der Waals surface area contributed by atoms with Crippen LogP contribution in [0.5, 0.6) is 0 Å². The van der Waals surface area contributed by atoms with Gasteiger partial charge in [0.05, 0.1) is 0 Å². The molecule has 2 aromatic carbocycles. The number of aryl methyl sites for hydroxylation is 3. The summed E-state index contributed by atoms with van der Waals surface area (Å²) < 4.78 is 0. The summed E-state index contributed by atoms with van der Waals surface area (Å²) in [7, 11) is 0. The lowest BCUT2D eigenvalue weighted by Crippen LogP contribution is -2.36. The van der Waals surface area contributed by atoms with Crippen molar-refractivity contribution in [3.8, 4) is 0 Å². The van der Waals surface area contributed by atoms with E-state index >= 15 is 0 Å². The normalized spacial score (nSPS) is 16.2. The molecule has 3 rings (SSSR count). The Kier molecular flexibility index (Phi) is 6.49. The summed E-state index contributed by atoms with van der Waals surface area (Å²) >= 11 is 0. The molecule has 2 nitrogen and oxygen atoms in total. The highest BCUT2D eigenvalue weighted by atomic mass is 35.5. The van der Waals surface area contributed by atoms with Crippen molar-refractivity contribution < 1.29 is 0 Å². The number of nitrogens with one attached hydrogen (secondary N) is 2. The maximum absolute atomic E-state index is 3.65. The largest absolute Gasteiger partial charge is 0.381 e. The Hall–Kier alpha value is -1.51. The molecule has 0 radical (unpaired) electrons. The zero-order valence-electron chi connectivity index (χ0n) is 14.1. The molecule has 124 valence electrons. The molecule has 0 bridgehead atoms. The molecule has 0 saturated carbocycles. The lowest BCUT2D eigenvalue weighted by Gasteiger charge is -2.27. The van der Waals surface area contributed by atoms with E-state index < -0.39 is 0 Å². The molecule has 3 heteroatoms. The van der Waals surface area contributed by atoms with Crippen LogP contribution in [-0.4, -0.2) is 19.1 Å². The molecule has 2 N–H and O–H groups in total. The summed E-state index contributed by atoms with van der Waals surface area (Å²) in [5.74, 6) is 0. The highest BCUT2D eigenvalue weighted by molar-refractivity contribution is 5.85. The summed E-state index contributed by atoms with van der Waals surface area (Å²) in [5, 5.41) is 7.26. The van der Waals surface area contributed by atoms with Gasteiger partial charge in [0.1, 0.15) is 0 Å². The van der Waals surface area contributed by atoms with Crippen molar-refractivity contribution in [2.45, 2.75) is 39.2 Å². The van der Waals surface area contributed by atoms with Gasteiger partial charge >= 0.3 is 0 Å². The molecule has 0 fully saturated rings. The monoisotopic (exact) mass is 330 g/mol. The number of halogens is 1. The molecular formula is C20H27ClN2. The molecule has 1 aliphatic heterocycles. The minimum absolute atomic E-state index is 0. The summed E-state index contributed by atoms with van der Waals surface area (Å²) in [4.78, 5) is 0. The quantitative estimate of drug-likeness (QED) is 0.799. The molecule has 1 aliphatic rings. The summed E-state index contributed by atoms with van der Waals surface area (Å²) in [6, 6.07) is 16.0. The SMILES string of the molecule is Cc1ccc(CCNCC2CCc3ccccc3N2)cc1C.Cl. The minimum Gasteiger partial charge on any atom is -0.381 e. The first-order chi connectivity index (χ1) is 10.7. The van der Waals surface area contributed by atoms with Crippen LogP contribution in [0, 0.1) is 13.8 Å². The van der Waals surface area contributed by atoms with Crippen molar-refractivity contribution in [2.24, 2.45) is 0 Å². The number of benzene rings is 2. The van der Waals surface area contributed by atoms with Crippen LogP contribution in [-0.2, 0) is 12.8 Å². The third-order valence-corrected chi connectivity index (χ3v) is 4.69. The number of fused-ring (bicyclic) bond motifs is 1. The van der Waals surface area contributed by atoms with Gasteiger partial charge in [0, 0.05) is 18.3 Å². The van der Waals surface area contributed by atoms with Crippen molar-refractivity contribution in [3.05, 3.63) is 64.7 Å². The molecule has 1 atom stereocenters. The van der Waals surface area contributed by atoms with E-state index in [0.717, 1.165) is 19.5 Å². The second kappa shape index (κ2) is 8.37. The molecular weight excluding hydrogens is 304 g/mol. The molecule has 0 aromatic heterocycles. The first kappa shape index (κ1) is 17.8. The van der Waals surface area contributed by atoms with E-state index in [2.05, 4.69) is 66.9 Å².